The van der Waals surface area contributed by atoms with Gasteiger partial charge in [0, 0.05) is 18.8 Å². The number of carbonyl (C=O) groups excluding carboxylic acids is 1. The molecule has 2 rings (SSSR count). The Bertz CT molecular complexity index is 402. The lowest BCUT2D eigenvalue weighted by Crippen LogP contribution is -2.27. The lowest BCUT2D eigenvalue weighted by atomic mass is 9.94. The molecule has 1 saturated carbocycles. The van der Waals surface area contributed by atoms with Crippen molar-refractivity contribution in [3.05, 3.63) is 35.9 Å². The lowest BCUT2D eigenvalue weighted by Gasteiger charge is -2.20. The minimum atomic E-state index is -0.642. The summed E-state index contributed by atoms with van der Waals surface area (Å²) >= 11 is 0. The SMILES string of the molecule is O=C1C[C@@H](O)[C@@H](C(O)CCCCc2ccccc2)C1. The molecular weight excluding hydrogens is 240 g/mol. The standard InChI is InChI=1S/C16H22O3/c17-13-10-14(16(19)11-13)15(18)9-5-4-8-12-6-2-1-3-7-12/h1-3,6-7,14-16,18-19H,4-5,8-11H2/t14-,15?,16-/m1/s1. The number of unbranched alkanes of at least 4 members (excludes halogenated alkanes) is 1. The maximum absolute atomic E-state index is 11.2. The first-order valence-electron chi connectivity index (χ1n) is 7.08. The fourth-order valence-electron chi connectivity index (χ4n) is 2.80. The highest BCUT2D eigenvalue weighted by molar-refractivity contribution is 5.81. The van der Waals surface area contributed by atoms with Crippen LogP contribution in [-0.4, -0.2) is 28.2 Å². The van der Waals surface area contributed by atoms with E-state index in [-0.39, 0.29) is 18.1 Å². The van der Waals surface area contributed by atoms with Crippen LogP contribution in [0.4, 0.5) is 0 Å². The highest BCUT2D eigenvalue weighted by Gasteiger charge is 2.35. The number of carbonyl (C=O) groups is 1. The van der Waals surface area contributed by atoms with Gasteiger partial charge in [0.05, 0.1) is 12.2 Å². The van der Waals surface area contributed by atoms with Gasteiger partial charge in [-0.1, -0.05) is 36.8 Å². The summed E-state index contributed by atoms with van der Waals surface area (Å²) in [5.74, 6) is -0.176. The molecule has 0 saturated heterocycles. The smallest absolute Gasteiger partial charge is 0.135 e. The van der Waals surface area contributed by atoms with Crippen LogP contribution in [0.15, 0.2) is 30.3 Å². The van der Waals surface area contributed by atoms with E-state index in [2.05, 4.69) is 12.1 Å². The highest BCUT2D eigenvalue weighted by Crippen LogP contribution is 2.28. The first-order valence-corrected chi connectivity index (χ1v) is 7.08. The Morgan fingerprint density at radius 1 is 1.16 bits per heavy atom. The molecule has 1 aliphatic rings. The summed E-state index contributed by atoms with van der Waals surface area (Å²) in [4.78, 5) is 11.2. The lowest BCUT2D eigenvalue weighted by molar-refractivity contribution is -0.118. The largest absolute Gasteiger partial charge is 0.393 e. The normalized spacial score (nSPS) is 24.6. The summed E-state index contributed by atoms with van der Waals surface area (Å²) in [6, 6.07) is 10.3. The second kappa shape index (κ2) is 6.83. The van der Waals surface area contributed by atoms with Gasteiger partial charge in [-0.3, -0.25) is 4.79 Å². The number of rotatable bonds is 6. The molecule has 0 heterocycles. The van der Waals surface area contributed by atoms with E-state index in [1.165, 1.54) is 5.56 Å². The Hall–Kier alpha value is -1.19. The highest BCUT2D eigenvalue weighted by atomic mass is 16.3. The molecule has 0 amide bonds. The first kappa shape index (κ1) is 14.2. The number of aliphatic hydroxyl groups is 2. The van der Waals surface area contributed by atoms with Crippen molar-refractivity contribution in [3.63, 3.8) is 0 Å². The molecule has 1 aromatic rings. The van der Waals surface area contributed by atoms with Crippen LogP contribution in [0.25, 0.3) is 0 Å². The number of ketones is 1. The maximum atomic E-state index is 11.2. The molecule has 0 aliphatic heterocycles. The van der Waals surface area contributed by atoms with E-state index in [0.717, 1.165) is 19.3 Å². The van der Waals surface area contributed by atoms with Gasteiger partial charge in [-0.15, -0.1) is 0 Å². The third-order valence-corrected chi connectivity index (χ3v) is 3.95. The minimum absolute atomic E-state index is 0.0702. The predicted octanol–water partition coefficient (Wildman–Crippen LogP) is 2.10. The summed E-state index contributed by atoms with van der Waals surface area (Å²) in [7, 11) is 0. The zero-order valence-electron chi connectivity index (χ0n) is 11.2. The van der Waals surface area contributed by atoms with Crippen LogP contribution in [0.3, 0.4) is 0 Å². The van der Waals surface area contributed by atoms with E-state index in [4.69, 9.17) is 0 Å². The zero-order chi connectivity index (χ0) is 13.7. The topological polar surface area (TPSA) is 57.5 Å². The van der Waals surface area contributed by atoms with Gasteiger partial charge in [-0.05, 0) is 24.8 Å². The molecule has 0 spiro atoms. The Labute approximate surface area is 114 Å². The van der Waals surface area contributed by atoms with Gasteiger partial charge in [-0.25, -0.2) is 0 Å². The predicted molar refractivity (Wildman–Crippen MR) is 73.7 cm³/mol. The van der Waals surface area contributed by atoms with E-state index in [1.807, 2.05) is 18.2 Å². The van der Waals surface area contributed by atoms with Gasteiger partial charge in [0.2, 0.25) is 0 Å². The summed E-state index contributed by atoms with van der Waals surface area (Å²) in [5, 5.41) is 19.7. The van der Waals surface area contributed by atoms with Crippen molar-refractivity contribution in [2.24, 2.45) is 5.92 Å². The maximum Gasteiger partial charge on any atom is 0.135 e. The van der Waals surface area contributed by atoms with Crippen molar-refractivity contribution in [2.45, 2.75) is 50.7 Å². The monoisotopic (exact) mass is 262 g/mol. The molecule has 19 heavy (non-hydrogen) atoms. The summed E-state index contributed by atoms with van der Waals surface area (Å²) in [5.41, 5.74) is 1.31. The fourth-order valence-corrected chi connectivity index (χ4v) is 2.80. The van der Waals surface area contributed by atoms with Gasteiger partial charge < -0.3 is 10.2 Å². The average molecular weight is 262 g/mol. The first-order chi connectivity index (χ1) is 9.16. The van der Waals surface area contributed by atoms with Crippen LogP contribution in [0, 0.1) is 5.92 Å². The number of hydrogen-bond acceptors (Lipinski definition) is 3. The molecule has 1 fully saturated rings. The summed E-state index contributed by atoms with van der Waals surface area (Å²) in [6.07, 6.45) is 2.99. The molecule has 0 radical (unpaired) electrons. The van der Waals surface area contributed by atoms with Crippen molar-refractivity contribution in [1.82, 2.24) is 0 Å². The molecule has 3 atom stereocenters. The Kier molecular flexibility index (Phi) is 5.11. The van der Waals surface area contributed by atoms with Gasteiger partial charge in [0.1, 0.15) is 5.78 Å². The van der Waals surface area contributed by atoms with Gasteiger partial charge in [-0.2, -0.15) is 0 Å². The molecule has 104 valence electrons. The molecule has 3 heteroatoms. The van der Waals surface area contributed by atoms with Crippen LogP contribution >= 0.6 is 0 Å². The number of benzene rings is 1. The van der Waals surface area contributed by atoms with E-state index in [9.17, 15) is 15.0 Å². The Morgan fingerprint density at radius 2 is 1.89 bits per heavy atom. The van der Waals surface area contributed by atoms with E-state index < -0.39 is 12.2 Å². The molecule has 1 unspecified atom stereocenters. The number of hydrogen-bond donors (Lipinski definition) is 2. The minimum Gasteiger partial charge on any atom is -0.393 e. The van der Waals surface area contributed by atoms with Gasteiger partial charge >= 0.3 is 0 Å². The zero-order valence-corrected chi connectivity index (χ0v) is 11.2. The van der Waals surface area contributed by atoms with Crippen LogP contribution in [0.5, 0.6) is 0 Å². The second-order valence-electron chi connectivity index (χ2n) is 5.48. The molecule has 1 aliphatic carbocycles. The van der Waals surface area contributed by atoms with Crippen molar-refractivity contribution in [2.75, 3.05) is 0 Å². The van der Waals surface area contributed by atoms with Crippen LogP contribution in [0.1, 0.15) is 37.7 Å². The quantitative estimate of drug-likeness (QED) is 0.772. The third kappa shape index (κ3) is 4.15. The van der Waals surface area contributed by atoms with Crippen LogP contribution in [-0.2, 0) is 11.2 Å². The van der Waals surface area contributed by atoms with Gasteiger partial charge in [0.15, 0.2) is 0 Å². The average Bonchev–Trinajstić information content (AvgIpc) is 2.75. The molecule has 0 aromatic heterocycles. The summed E-state index contributed by atoms with van der Waals surface area (Å²) < 4.78 is 0. The number of Topliss-reactive ketones (excluding diaryl/α,β-unsaturated/α-hetero) is 1. The fraction of sp³-hybridized carbons (Fsp3) is 0.562. The van der Waals surface area contributed by atoms with Gasteiger partial charge in [0.25, 0.3) is 0 Å². The number of aliphatic hydroxyl groups excluding tert-OH is 2. The number of aryl methyl sites for hydroxylation is 1. The Balaban J connectivity index is 1.67. The second-order valence-corrected chi connectivity index (χ2v) is 5.48. The van der Waals surface area contributed by atoms with Crippen molar-refractivity contribution >= 4 is 5.78 Å². The molecular formula is C16H22O3. The van der Waals surface area contributed by atoms with Crippen molar-refractivity contribution in [1.29, 1.82) is 0 Å². The Morgan fingerprint density at radius 3 is 2.53 bits per heavy atom. The molecule has 2 N–H and O–H groups in total. The van der Waals surface area contributed by atoms with Crippen LogP contribution < -0.4 is 0 Å². The van der Waals surface area contributed by atoms with Crippen molar-refractivity contribution in [3.8, 4) is 0 Å². The van der Waals surface area contributed by atoms with Crippen molar-refractivity contribution < 1.29 is 15.0 Å². The van der Waals surface area contributed by atoms with E-state index in [1.54, 1.807) is 0 Å². The van der Waals surface area contributed by atoms with Crippen LogP contribution in [0.2, 0.25) is 0 Å². The third-order valence-electron chi connectivity index (χ3n) is 3.95. The summed E-state index contributed by atoms with van der Waals surface area (Å²) in [6.45, 7) is 0. The molecule has 0 bridgehead atoms. The molecule has 1 aromatic carbocycles. The van der Waals surface area contributed by atoms with E-state index in [0.29, 0.717) is 12.8 Å². The van der Waals surface area contributed by atoms with E-state index >= 15 is 0 Å². The molecule has 3 nitrogen and oxygen atoms in total.